The number of rotatable bonds is 4. The molecule has 0 spiro atoms. The Morgan fingerprint density at radius 2 is 1.46 bits per heavy atom. The molecule has 1 amide bonds. The third kappa shape index (κ3) is 3.82. The van der Waals surface area contributed by atoms with Crippen molar-refractivity contribution in [3.8, 4) is 11.5 Å². The first-order chi connectivity index (χ1) is 11.6. The Hall–Kier alpha value is -3.07. The van der Waals surface area contributed by atoms with Gasteiger partial charge in [0.05, 0.1) is 0 Å². The van der Waals surface area contributed by atoms with E-state index in [0.29, 0.717) is 11.3 Å². The first-order valence-electron chi connectivity index (χ1n) is 7.83. The molecule has 24 heavy (non-hydrogen) atoms. The van der Waals surface area contributed by atoms with Gasteiger partial charge in [-0.05, 0) is 73.5 Å². The maximum Gasteiger partial charge on any atom is 0.255 e. The molecule has 0 radical (unpaired) electrons. The van der Waals surface area contributed by atoms with E-state index in [9.17, 15) is 4.79 Å². The number of anilines is 1. The van der Waals surface area contributed by atoms with Crippen LogP contribution in [0.15, 0.2) is 72.8 Å². The van der Waals surface area contributed by atoms with Gasteiger partial charge < -0.3 is 10.1 Å². The number of ether oxygens (including phenoxy) is 1. The molecular formula is C21H19NO2. The number of hydrogen-bond donors (Lipinski definition) is 1. The molecule has 0 aliphatic heterocycles. The number of aryl methyl sites for hydroxylation is 2. The van der Waals surface area contributed by atoms with Crippen LogP contribution < -0.4 is 10.1 Å². The Kier molecular flexibility index (Phi) is 4.62. The summed E-state index contributed by atoms with van der Waals surface area (Å²) in [5, 5.41) is 2.86. The molecule has 0 aliphatic rings. The summed E-state index contributed by atoms with van der Waals surface area (Å²) in [6.07, 6.45) is 0. The molecule has 3 aromatic carbocycles. The summed E-state index contributed by atoms with van der Waals surface area (Å²) in [7, 11) is 0. The van der Waals surface area contributed by atoms with Crippen LogP contribution in [0, 0.1) is 13.8 Å². The highest BCUT2D eigenvalue weighted by molar-refractivity contribution is 6.04. The highest BCUT2D eigenvalue weighted by atomic mass is 16.5. The Morgan fingerprint density at radius 1 is 0.792 bits per heavy atom. The summed E-state index contributed by atoms with van der Waals surface area (Å²) in [5.41, 5.74) is 3.78. The molecule has 0 heterocycles. The van der Waals surface area contributed by atoms with E-state index in [-0.39, 0.29) is 5.91 Å². The van der Waals surface area contributed by atoms with Gasteiger partial charge in [0.2, 0.25) is 0 Å². The first kappa shape index (κ1) is 15.8. The molecule has 3 rings (SSSR count). The molecule has 3 aromatic rings. The fourth-order valence-electron chi connectivity index (χ4n) is 2.31. The molecule has 3 nitrogen and oxygen atoms in total. The van der Waals surface area contributed by atoms with Crippen molar-refractivity contribution in [2.24, 2.45) is 0 Å². The smallest absolute Gasteiger partial charge is 0.255 e. The molecule has 120 valence electrons. The molecule has 0 atom stereocenters. The van der Waals surface area contributed by atoms with E-state index in [0.717, 1.165) is 11.4 Å². The standard InChI is InChI=1S/C21H19NO2/c1-15-8-11-20(14-16(15)2)24-19-12-9-17(10-13-19)21(23)22-18-6-4-3-5-7-18/h3-14H,1-2H3,(H,22,23). The fraction of sp³-hybridized carbons (Fsp3) is 0.0952. The van der Waals surface area contributed by atoms with Crippen LogP contribution in [-0.2, 0) is 0 Å². The third-order valence-electron chi connectivity index (χ3n) is 3.86. The average Bonchev–Trinajstić information content (AvgIpc) is 2.60. The van der Waals surface area contributed by atoms with Gasteiger partial charge in [0.25, 0.3) is 5.91 Å². The van der Waals surface area contributed by atoms with E-state index < -0.39 is 0 Å². The van der Waals surface area contributed by atoms with Crippen molar-refractivity contribution in [2.45, 2.75) is 13.8 Å². The summed E-state index contributed by atoms with van der Waals surface area (Å²) >= 11 is 0. The summed E-state index contributed by atoms with van der Waals surface area (Å²) in [6.45, 7) is 4.12. The van der Waals surface area contributed by atoms with Crippen LogP contribution in [0.25, 0.3) is 0 Å². The zero-order valence-electron chi connectivity index (χ0n) is 13.7. The predicted octanol–water partition coefficient (Wildman–Crippen LogP) is 5.35. The van der Waals surface area contributed by atoms with E-state index in [2.05, 4.69) is 19.2 Å². The maximum atomic E-state index is 12.2. The molecule has 0 saturated heterocycles. The van der Waals surface area contributed by atoms with Gasteiger partial charge in [-0.25, -0.2) is 0 Å². The normalized spacial score (nSPS) is 10.2. The topological polar surface area (TPSA) is 38.3 Å². The Labute approximate surface area is 141 Å². The largest absolute Gasteiger partial charge is 0.457 e. The molecule has 0 bridgehead atoms. The second-order valence-electron chi connectivity index (χ2n) is 5.69. The van der Waals surface area contributed by atoms with Crippen LogP contribution in [0.3, 0.4) is 0 Å². The Bertz CT molecular complexity index is 839. The number of amides is 1. The summed E-state index contributed by atoms with van der Waals surface area (Å²) in [5.74, 6) is 1.35. The molecular weight excluding hydrogens is 298 g/mol. The van der Waals surface area contributed by atoms with Gasteiger partial charge in [-0.15, -0.1) is 0 Å². The summed E-state index contributed by atoms with van der Waals surface area (Å²) < 4.78 is 5.84. The lowest BCUT2D eigenvalue weighted by Gasteiger charge is -2.09. The van der Waals surface area contributed by atoms with E-state index in [4.69, 9.17) is 4.74 Å². The number of carbonyl (C=O) groups is 1. The quantitative estimate of drug-likeness (QED) is 0.704. The van der Waals surface area contributed by atoms with Gasteiger partial charge in [0.15, 0.2) is 0 Å². The summed E-state index contributed by atoms with van der Waals surface area (Å²) in [4.78, 5) is 12.2. The van der Waals surface area contributed by atoms with Crippen LogP contribution in [0.2, 0.25) is 0 Å². The van der Waals surface area contributed by atoms with Crippen LogP contribution in [0.4, 0.5) is 5.69 Å². The highest BCUT2D eigenvalue weighted by Gasteiger charge is 2.06. The minimum absolute atomic E-state index is 0.140. The predicted molar refractivity (Wildman–Crippen MR) is 96.8 cm³/mol. The number of para-hydroxylation sites is 1. The van der Waals surface area contributed by atoms with E-state index >= 15 is 0 Å². The van der Waals surface area contributed by atoms with Crippen molar-refractivity contribution >= 4 is 11.6 Å². The number of nitrogens with one attached hydrogen (secondary N) is 1. The van der Waals surface area contributed by atoms with Crippen LogP contribution in [-0.4, -0.2) is 5.91 Å². The minimum Gasteiger partial charge on any atom is -0.457 e. The third-order valence-corrected chi connectivity index (χ3v) is 3.86. The van der Waals surface area contributed by atoms with Gasteiger partial charge in [-0.3, -0.25) is 4.79 Å². The molecule has 0 aliphatic carbocycles. The van der Waals surface area contributed by atoms with Gasteiger partial charge in [-0.2, -0.15) is 0 Å². The van der Waals surface area contributed by atoms with Gasteiger partial charge >= 0.3 is 0 Å². The van der Waals surface area contributed by atoms with E-state index in [1.54, 1.807) is 24.3 Å². The van der Waals surface area contributed by atoms with E-state index in [1.807, 2.05) is 48.5 Å². The monoisotopic (exact) mass is 317 g/mol. The fourth-order valence-corrected chi connectivity index (χ4v) is 2.31. The summed E-state index contributed by atoms with van der Waals surface area (Å²) in [6, 6.07) is 22.5. The Balaban J connectivity index is 1.68. The molecule has 3 heteroatoms. The lowest BCUT2D eigenvalue weighted by Crippen LogP contribution is -2.11. The van der Waals surface area contributed by atoms with E-state index in [1.165, 1.54) is 11.1 Å². The molecule has 1 N–H and O–H groups in total. The van der Waals surface area contributed by atoms with Crippen LogP contribution in [0.5, 0.6) is 11.5 Å². The van der Waals surface area contributed by atoms with Crippen molar-refractivity contribution < 1.29 is 9.53 Å². The average molecular weight is 317 g/mol. The second kappa shape index (κ2) is 7.01. The van der Waals surface area contributed by atoms with Crippen LogP contribution in [0.1, 0.15) is 21.5 Å². The Morgan fingerprint density at radius 3 is 2.12 bits per heavy atom. The van der Waals surface area contributed by atoms with Crippen molar-refractivity contribution in [3.05, 3.63) is 89.5 Å². The second-order valence-corrected chi connectivity index (χ2v) is 5.69. The SMILES string of the molecule is Cc1ccc(Oc2ccc(C(=O)Nc3ccccc3)cc2)cc1C. The molecule has 0 saturated carbocycles. The molecule has 0 unspecified atom stereocenters. The van der Waals surface area contributed by atoms with Crippen molar-refractivity contribution in [2.75, 3.05) is 5.32 Å². The first-order valence-corrected chi connectivity index (χ1v) is 7.83. The van der Waals surface area contributed by atoms with Gasteiger partial charge in [0, 0.05) is 11.3 Å². The lowest BCUT2D eigenvalue weighted by molar-refractivity contribution is 0.102. The zero-order valence-corrected chi connectivity index (χ0v) is 13.7. The number of carbonyl (C=O) groups excluding carboxylic acids is 1. The maximum absolute atomic E-state index is 12.2. The number of hydrogen-bond acceptors (Lipinski definition) is 2. The lowest BCUT2D eigenvalue weighted by atomic mass is 10.1. The van der Waals surface area contributed by atoms with Crippen molar-refractivity contribution in [3.63, 3.8) is 0 Å². The van der Waals surface area contributed by atoms with Crippen molar-refractivity contribution in [1.29, 1.82) is 0 Å². The highest BCUT2D eigenvalue weighted by Crippen LogP contribution is 2.24. The van der Waals surface area contributed by atoms with Crippen LogP contribution >= 0.6 is 0 Å². The zero-order chi connectivity index (χ0) is 16.9. The molecule has 0 fully saturated rings. The number of benzene rings is 3. The van der Waals surface area contributed by atoms with Gasteiger partial charge in [-0.1, -0.05) is 24.3 Å². The van der Waals surface area contributed by atoms with Crippen molar-refractivity contribution in [1.82, 2.24) is 0 Å². The molecule has 0 aromatic heterocycles. The minimum atomic E-state index is -0.140. The van der Waals surface area contributed by atoms with Gasteiger partial charge in [0.1, 0.15) is 11.5 Å².